The SMILES string of the molecule is NC(=O)c1cc(N2CCN(c3cccc(C(F)(F)F)c3)CC2)ccn1. The van der Waals surface area contributed by atoms with E-state index >= 15 is 0 Å². The molecule has 2 aromatic rings. The Morgan fingerprint density at radius 1 is 1.00 bits per heavy atom. The van der Waals surface area contributed by atoms with Crippen LogP contribution in [0.2, 0.25) is 0 Å². The Bertz CT molecular complexity index is 770. The van der Waals surface area contributed by atoms with Crippen LogP contribution < -0.4 is 15.5 Å². The summed E-state index contributed by atoms with van der Waals surface area (Å²) < 4.78 is 38.6. The van der Waals surface area contributed by atoms with Gasteiger partial charge in [0.2, 0.25) is 0 Å². The first kappa shape index (κ1) is 17.1. The van der Waals surface area contributed by atoms with Crippen LogP contribution in [0.15, 0.2) is 42.6 Å². The summed E-state index contributed by atoms with van der Waals surface area (Å²) in [6.45, 7) is 2.40. The fraction of sp³-hybridized carbons (Fsp3) is 0.294. The lowest BCUT2D eigenvalue weighted by atomic mass is 10.1. The molecule has 5 nitrogen and oxygen atoms in total. The van der Waals surface area contributed by atoms with Crippen molar-refractivity contribution in [3.8, 4) is 0 Å². The molecule has 0 atom stereocenters. The summed E-state index contributed by atoms with van der Waals surface area (Å²) in [5.74, 6) is -0.593. The third kappa shape index (κ3) is 3.84. The number of anilines is 2. The maximum atomic E-state index is 12.9. The maximum absolute atomic E-state index is 12.9. The normalized spacial score (nSPS) is 15.3. The first-order valence-corrected chi connectivity index (χ1v) is 7.77. The molecule has 0 saturated carbocycles. The van der Waals surface area contributed by atoms with Crippen LogP contribution in [0.25, 0.3) is 0 Å². The minimum absolute atomic E-state index is 0.192. The minimum Gasteiger partial charge on any atom is -0.368 e. The molecular weight excluding hydrogens is 333 g/mol. The fourth-order valence-electron chi connectivity index (χ4n) is 2.85. The highest BCUT2D eigenvalue weighted by molar-refractivity contribution is 5.91. The third-order valence-electron chi connectivity index (χ3n) is 4.18. The summed E-state index contributed by atoms with van der Waals surface area (Å²) in [4.78, 5) is 19.1. The number of carbonyl (C=O) groups excluding carboxylic acids is 1. The first-order chi connectivity index (χ1) is 11.8. The summed E-state index contributed by atoms with van der Waals surface area (Å²) in [7, 11) is 0. The average Bonchev–Trinajstić information content (AvgIpc) is 2.61. The molecule has 1 fully saturated rings. The monoisotopic (exact) mass is 350 g/mol. The second-order valence-corrected chi connectivity index (χ2v) is 5.79. The molecule has 1 aromatic heterocycles. The molecule has 1 aliphatic heterocycles. The van der Waals surface area contributed by atoms with Gasteiger partial charge in [-0.25, -0.2) is 0 Å². The van der Waals surface area contributed by atoms with E-state index in [2.05, 4.69) is 9.88 Å². The number of alkyl halides is 3. The number of hydrogen-bond acceptors (Lipinski definition) is 4. The van der Waals surface area contributed by atoms with Crippen LogP contribution in [-0.2, 0) is 6.18 Å². The Hall–Kier alpha value is -2.77. The van der Waals surface area contributed by atoms with Crippen LogP contribution in [0, 0.1) is 0 Å². The van der Waals surface area contributed by atoms with Gasteiger partial charge >= 0.3 is 6.18 Å². The molecule has 25 heavy (non-hydrogen) atoms. The number of aromatic nitrogens is 1. The van der Waals surface area contributed by atoms with Gasteiger partial charge < -0.3 is 15.5 Å². The largest absolute Gasteiger partial charge is 0.416 e. The number of primary amides is 1. The van der Waals surface area contributed by atoms with Crippen LogP contribution >= 0.6 is 0 Å². The number of benzene rings is 1. The second kappa shape index (κ2) is 6.62. The number of amides is 1. The topological polar surface area (TPSA) is 62.5 Å². The highest BCUT2D eigenvalue weighted by atomic mass is 19.4. The highest BCUT2D eigenvalue weighted by Gasteiger charge is 2.31. The van der Waals surface area contributed by atoms with Crippen molar-refractivity contribution in [3.05, 3.63) is 53.9 Å². The van der Waals surface area contributed by atoms with Gasteiger partial charge in [0.1, 0.15) is 5.69 Å². The van der Waals surface area contributed by atoms with Crippen molar-refractivity contribution >= 4 is 17.3 Å². The van der Waals surface area contributed by atoms with Gasteiger partial charge in [0, 0.05) is 43.8 Å². The van der Waals surface area contributed by atoms with E-state index in [-0.39, 0.29) is 5.69 Å². The Balaban J connectivity index is 1.70. The Kier molecular flexibility index (Phi) is 4.52. The van der Waals surface area contributed by atoms with Crippen molar-refractivity contribution in [1.82, 2.24) is 4.98 Å². The number of piperazine rings is 1. The molecule has 2 N–H and O–H groups in total. The minimum atomic E-state index is -4.35. The van der Waals surface area contributed by atoms with Crippen molar-refractivity contribution in [3.63, 3.8) is 0 Å². The number of nitrogens with two attached hydrogens (primary N) is 1. The molecule has 0 bridgehead atoms. The van der Waals surface area contributed by atoms with Gasteiger partial charge in [-0.3, -0.25) is 9.78 Å². The van der Waals surface area contributed by atoms with Crippen molar-refractivity contribution < 1.29 is 18.0 Å². The molecule has 0 radical (unpaired) electrons. The second-order valence-electron chi connectivity index (χ2n) is 5.79. The van der Waals surface area contributed by atoms with Crippen molar-refractivity contribution in [2.24, 2.45) is 5.73 Å². The molecule has 0 unspecified atom stereocenters. The van der Waals surface area contributed by atoms with E-state index in [0.29, 0.717) is 31.9 Å². The van der Waals surface area contributed by atoms with Gasteiger partial charge in [0.15, 0.2) is 0 Å². The van der Waals surface area contributed by atoms with Crippen LogP contribution in [0.5, 0.6) is 0 Å². The van der Waals surface area contributed by atoms with Gasteiger partial charge in [-0.1, -0.05) is 6.07 Å². The van der Waals surface area contributed by atoms with Crippen molar-refractivity contribution in [2.45, 2.75) is 6.18 Å². The Morgan fingerprint density at radius 2 is 1.60 bits per heavy atom. The zero-order valence-corrected chi connectivity index (χ0v) is 13.3. The van der Waals surface area contributed by atoms with E-state index in [1.54, 1.807) is 18.2 Å². The first-order valence-electron chi connectivity index (χ1n) is 7.77. The quantitative estimate of drug-likeness (QED) is 0.924. The molecule has 8 heteroatoms. The van der Waals surface area contributed by atoms with Gasteiger partial charge in [0.05, 0.1) is 5.56 Å². The predicted octanol–water partition coefficient (Wildman–Crippen LogP) is 2.53. The standard InChI is InChI=1S/C17H17F3N4O/c18-17(19,20)12-2-1-3-13(10-12)23-6-8-24(9-7-23)14-4-5-22-15(11-14)16(21)25/h1-5,10-11H,6-9H2,(H2,21,25). The van der Waals surface area contributed by atoms with Crippen LogP contribution in [0.4, 0.5) is 24.5 Å². The molecule has 2 heterocycles. The number of hydrogen-bond donors (Lipinski definition) is 1. The average molecular weight is 350 g/mol. The Morgan fingerprint density at radius 3 is 2.16 bits per heavy atom. The Labute approximate surface area is 142 Å². The van der Waals surface area contributed by atoms with E-state index in [9.17, 15) is 18.0 Å². The summed E-state index contributed by atoms with van der Waals surface area (Å²) in [5, 5.41) is 0. The smallest absolute Gasteiger partial charge is 0.368 e. The van der Waals surface area contributed by atoms with Crippen LogP contribution in [0.1, 0.15) is 16.1 Å². The molecular formula is C17H17F3N4O. The van der Waals surface area contributed by atoms with E-state index in [0.717, 1.165) is 11.8 Å². The third-order valence-corrected chi connectivity index (χ3v) is 4.18. The highest BCUT2D eigenvalue weighted by Crippen LogP contribution is 2.32. The lowest BCUT2D eigenvalue weighted by Gasteiger charge is -2.37. The van der Waals surface area contributed by atoms with Gasteiger partial charge in [-0.15, -0.1) is 0 Å². The summed E-state index contributed by atoms with van der Waals surface area (Å²) >= 11 is 0. The molecule has 0 aliphatic carbocycles. The molecule has 1 aliphatic rings. The molecule has 1 amide bonds. The number of carbonyl (C=O) groups is 1. The summed E-state index contributed by atoms with van der Waals surface area (Å²) in [6, 6.07) is 8.76. The van der Waals surface area contributed by atoms with Crippen molar-refractivity contribution in [2.75, 3.05) is 36.0 Å². The van der Waals surface area contributed by atoms with Crippen molar-refractivity contribution in [1.29, 1.82) is 0 Å². The van der Waals surface area contributed by atoms with Crippen LogP contribution in [-0.4, -0.2) is 37.1 Å². The molecule has 3 rings (SSSR count). The number of halogens is 3. The lowest BCUT2D eigenvalue weighted by Crippen LogP contribution is -2.46. The molecule has 0 spiro atoms. The fourth-order valence-corrected chi connectivity index (χ4v) is 2.85. The van der Waals surface area contributed by atoms with E-state index < -0.39 is 17.6 Å². The maximum Gasteiger partial charge on any atom is 0.416 e. The zero-order chi connectivity index (χ0) is 18.0. The predicted molar refractivity (Wildman–Crippen MR) is 88.6 cm³/mol. The van der Waals surface area contributed by atoms with E-state index in [1.807, 2.05) is 4.90 Å². The van der Waals surface area contributed by atoms with E-state index in [1.165, 1.54) is 18.3 Å². The zero-order valence-electron chi connectivity index (χ0n) is 13.3. The molecule has 1 saturated heterocycles. The van der Waals surface area contributed by atoms with E-state index in [4.69, 9.17) is 5.73 Å². The molecule has 132 valence electrons. The summed E-state index contributed by atoms with van der Waals surface area (Å²) in [6.07, 6.45) is -2.82. The van der Waals surface area contributed by atoms with Gasteiger partial charge in [-0.05, 0) is 30.3 Å². The number of pyridine rings is 1. The van der Waals surface area contributed by atoms with Gasteiger partial charge in [0.25, 0.3) is 5.91 Å². The van der Waals surface area contributed by atoms with Crippen LogP contribution in [0.3, 0.4) is 0 Å². The number of rotatable bonds is 3. The van der Waals surface area contributed by atoms with Gasteiger partial charge in [-0.2, -0.15) is 13.2 Å². The molecule has 1 aromatic carbocycles. The summed E-state index contributed by atoms with van der Waals surface area (Å²) in [5.41, 5.74) is 6.17. The lowest BCUT2D eigenvalue weighted by molar-refractivity contribution is -0.137. The number of nitrogens with zero attached hydrogens (tertiary/aromatic N) is 3.